The van der Waals surface area contributed by atoms with Gasteiger partial charge in [0, 0.05) is 36.4 Å². The maximum absolute atomic E-state index is 11.2. The molecule has 0 radical (unpaired) electrons. The summed E-state index contributed by atoms with van der Waals surface area (Å²) in [5.74, 6) is 2.11. The van der Waals surface area contributed by atoms with Crippen LogP contribution in [-0.4, -0.2) is 31.4 Å². The Labute approximate surface area is 178 Å². The lowest BCUT2D eigenvalue weighted by Crippen LogP contribution is -2.14. The van der Waals surface area contributed by atoms with Crippen molar-refractivity contribution in [3.05, 3.63) is 72.2 Å². The lowest BCUT2D eigenvalue weighted by Gasteiger charge is -2.09. The predicted molar refractivity (Wildman–Crippen MR) is 116 cm³/mol. The van der Waals surface area contributed by atoms with Crippen LogP contribution in [0.25, 0.3) is 10.8 Å². The molecular formula is C22H23N5O2S. The number of aryl methyl sites for hydroxylation is 2. The Morgan fingerprint density at radius 2 is 2.00 bits per heavy atom. The molecule has 0 fully saturated rings. The number of hydrogen-bond acceptors (Lipinski definition) is 6. The number of aromatic nitrogens is 4. The van der Waals surface area contributed by atoms with Gasteiger partial charge in [-0.25, -0.2) is 0 Å². The lowest BCUT2D eigenvalue weighted by molar-refractivity contribution is -0.118. The SMILES string of the molecule is NC(=O)CCc1nnc(SCCCc2cncc3ccccc23)n1Cc1ccco1. The van der Waals surface area contributed by atoms with Crippen molar-refractivity contribution in [2.75, 3.05) is 5.75 Å². The number of pyridine rings is 1. The number of primary amides is 1. The van der Waals surface area contributed by atoms with Gasteiger partial charge in [0.05, 0.1) is 12.8 Å². The maximum atomic E-state index is 11.2. The van der Waals surface area contributed by atoms with E-state index in [0.717, 1.165) is 35.3 Å². The summed E-state index contributed by atoms with van der Waals surface area (Å²) in [5.41, 5.74) is 6.56. The normalized spacial score (nSPS) is 11.2. The van der Waals surface area contributed by atoms with Crippen molar-refractivity contribution in [2.45, 2.75) is 37.4 Å². The summed E-state index contributed by atoms with van der Waals surface area (Å²) in [4.78, 5) is 15.5. The monoisotopic (exact) mass is 421 g/mol. The summed E-state index contributed by atoms with van der Waals surface area (Å²) in [7, 11) is 0. The molecule has 30 heavy (non-hydrogen) atoms. The number of fused-ring (bicyclic) bond motifs is 1. The zero-order valence-electron chi connectivity index (χ0n) is 16.5. The van der Waals surface area contributed by atoms with Gasteiger partial charge in [0.15, 0.2) is 5.16 Å². The van der Waals surface area contributed by atoms with E-state index in [2.05, 4.69) is 33.4 Å². The highest BCUT2D eigenvalue weighted by Gasteiger charge is 2.15. The van der Waals surface area contributed by atoms with Gasteiger partial charge in [0.25, 0.3) is 0 Å². The van der Waals surface area contributed by atoms with Gasteiger partial charge in [-0.15, -0.1) is 10.2 Å². The van der Waals surface area contributed by atoms with Gasteiger partial charge in [-0.3, -0.25) is 14.3 Å². The second-order valence-corrected chi connectivity index (χ2v) is 8.06. The van der Waals surface area contributed by atoms with E-state index < -0.39 is 0 Å². The van der Waals surface area contributed by atoms with Crippen LogP contribution in [-0.2, 0) is 24.2 Å². The maximum Gasteiger partial charge on any atom is 0.217 e. The van der Waals surface area contributed by atoms with Crippen molar-refractivity contribution in [1.82, 2.24) is 19.7 Å². The van der Waals surface area contributed by atoms with Gasteiger partial charge in [0.2, 0.25) is 5.91 Å². The van der Waals surface area contributed by atoms with Crippen LogP contribution in [0.2, 0.25) is 0 Å². The minimum absolute atomic E-state index is 0.245. The van der Waals surface area contributed by atoms with Crippen LogP contribution < -0.4 is 5.73 Å². The molecule has 0 saturated heterocycles. The van der Waals surface area contributed by atoms with E-state index >= 15 is 0 Å². The number of benzene rings is 1. The Balaban J connectivity index is 1.41. The molecule has 3 heterocycles. The van der Waals surface area contributed by atoms with Crippen LogP contribution in [0.4, 0.5) is 0 Å². The van der Waals surface area contributed by atoms with Crippen molar-refractivity contribution >= 4 is 28.4 Å². The first kappa shape index (κ1) is 20.2. The molecule has 7 nitrogen and oxygen atoms in total. The highest BCUT2D eigenvalue weighted by molar-refractivity contribution is 7.99. The van der Waals surface area contributed by atoms with E-state index in [-0.39, 0.29) is 12.3 Å². The average molecular weight is 422 g/mol. The van der Waals surface area contributed by atoms with Gasteiger partial charge in [-0.05, 0) is 35.9 Å². The van der Waals surface area contributed by atoms with E-state index in [1.807, 2.05) is 35.2 Å². The number of nitrogens with two attached hydrogens (primary N) is 1. The first-order valence-electron chi connectivity index (χ1n) is 9.88. The van der Waals surface area contributed by atoms with Crippen molar-refractivity contribution < 1.29 is 9.21 Å². The first-order chi connectivity index (χ1) is 14.7. The van der Waals surface area contributed by atoms with Crippen LogP contribution in [0, 0.1) is 0 Å². The van der Waals surface area contributed by atoms with Crippen LogP contribution in [0.1, 0.15) is 30.0 Å². The second-order valence-electron chi connectivity index (χ2n) is 7.00. The van der Waals surface area contributed by atoms with Crippen LogP contribution in [0.5, 0.6) is 0 Å². The molecule has 0 aliphatic carbocycles. The number of carbonyl (C=O) groups is 1. The number of thioether (sulfide) groups is 1. The average Bonchev–Trinajstić information content (AvgIpc) is 3.40. The Morgan fingerprint density at radius 3 is 2.83 bits per heavy atom. The largest absolute Gasteiger partial charge is 0.467 e. The smallest absolute Gasteiger partial charge is 0.217 e. The molecule has 1 aromatic carbocycles. The summed E-state index contributed by atoms with van der Waals surface area (Å²) in [6.07, 6.45) is 8.15. The first-order valence-corrected chi connectivity index (χ1v) is 10.9. The van der Waals surface area contributed by atoms with Crippen molar-refractivity contribution in [1.29, 1.82) is 0 Å². The highest BCUT2D eigenvalue weighted by Crippen LogP contribution is 2.23. The molecule has 1 amide bonds. The van der Waals surface area contributed by atoms with Crippen molar-refractivity contribution in [2.24, 2.45) is 5.73 Å². The summed E-state index contributed by atoms with van der Waals surface area (Å²) in [6.45, 7) is 0.531. The molecule has 0 bridgehead atoms. The molecule has 2 N–H and O–H groups in total. The van der Waals surface area contributed by atoms with Gasteiger partial charge < -0.3 is 10.2 Å². The molecule has 0 spiro atoms. The van der Waals surface area contributed by atoms with E-state index in [9.17, 15) is 4.79 Å². The van der Waals surface area contributed by atoms with Gasteiger partial charge in [-0.2, -0.15) is 0 Å². The zero-order valence-corrected chi connectivity index (χ0v) is 17.3. The minimum Gasteiger partial charge on any atom is -0.467 e. The third-order valence-corrected chi connectivity index (χ3v) is 5.91. The number of carbonyl (C=O) groups excluding carboxylic acids is 1. The van der Waals surface area contributed by atoms with Crippen LogP contribution >= 0.6 is 11.8 Å². The molecule has 4 rings (SSSR count). The third kappa shape index (κ3) is 4.88. The Kier molecular flexibility index (Phi) is 6.44. The fraction of sp³-hybridized carbons (Fsp3) is 0.273. The van der Waals surface area contributed by atoms with Crippen LogP contribution in [0.3, 0.4) is 0 Å². The summed E-state index contributed by atoms with van der Waals surface area (Å²) < 4.78 is 7.49. The van der Waals surface area contributed by atoms with Gasteiger partial charge >= 0.3 is 0 Å². The fourth-order valence-corrected chi connectivity index (χ4v) is 4.26. The van der Waals surface area contributed by atoms with E-state index in [4.69, 9.17) is 10.2 Å². The predicted octanol–water partition coefficient (Wildman–Crippen LogP) is 3.61. The van der Waals surface area contributed by atoms with Crippen molar-refractivity contribution in [3.63, 3.8) is 0 Å². The van der Waals surface area contributed by atoms with E-state index in [0.29, 0.717) is 13.0 Å². The zero-order chi connectivity index (χ0) is 20.8. The fourth-order valence-electron chi connectivity index (χ4n) is 3.37. The summed E-state index contributed by atoms with van der Waals surface area (Å²) in [5, 5.41) is 11.9. The quantitative estimate of drug-likeness (QED) is 0.310. The molecule has 0 unspecified atom stereocenters. The van der Waals surface area contributed by atoms with Crippen LogP contribution in [0.15, 0.2) is 64.6 Å². The number of nitrogens with zero attached hydrogens (tertiary/aromatic N) is 4. The van der Waals surface area contributed by atoms with Gasteiger partial charge in [-0.1, -0.05) is 36.0 Å². The van der Waals surface area contributed by atoms with Crippen molar-refractivity contribution in [3.8, 4) is 0 Å². The number of furan rings is 1. The molecule has 4 aromatic rings. The molecule has 0 aliphatic heterocycles. The minimum atomic E-state index is -0.347. The Bertz CT molecular complexity index is 1120. The Hall–Kier alpha value is -3.13. The van der Waals surface area contributed by atoms with E-state index in [1.54, 1.807) is 18.0 Å². The number of amides is 1. The van der Waals surface area contributed by atoms with E-state index in [1.165, 1.54) is 16.3 Å². The Morgan fingerprint density at radius 1 is 1.10 bits per heavy atom. The lowest BCUT2D eigenvalue weighted by atomic mass is 10.0. The molecule has 0 aliphatic rings. The number of rotatable bonds is 10. The number of hydrogen-bond donors (Lipinski definition) is 1. The summed E-state index contributed by atoms with van der Waals surface area (Å²) in [6, 6.07) is 12.1. The molecular weight excluding hydrogens is 398 g/mol. The molecule has 8 heteroatoms. The molecule has 0 atom stereocenters. The standard InChI is InChI=1S/C22H23N5O2S/c23-20(28)9-10-21-25-26-22(27(21)15-18-7-3-11-29-18)30-12-4-6-17-14-24-13-16-5-1-2-8-19(16)17/h1-3,5,7-8,11,13-14H,4,6,9-10,12,15H2,(H2,23,28). The topological polar surface area (TPSA) is 99.8 Å². The summed E-state index contributed by atoms with van der Waals surface area (Å²) >= 11 is 1.66. The third-order valence-electron chi connectivity index (χ3n) is 4.85. The van der Waals surface area contributed by atoms with Gasteiger partial charge in [0.1, 0.15) is 11.6 Å². The highest BCUT2D eigenvalue weighted by atomic mass is 32.2. The molecule has 3 aromatic heterocycles. The molecule has 154 valence electrons. The molecule has 0 saturated carbocycles. The second kappa shape index (κ2) is 9.58.